The van der Waals surface area contributed by atoms with Crippen molar-refractivity contribution in [2.24, 2.45) is 0 Å². The average molecular weight is 299 g/mol. The fourth-order valence-corrected chi connectivity index (χ4v) is 2.10. The van der Waals surface area contributed by atoms with Crippen molar-refractivity contribution < 1.29 is 17.7 Å². The molecule has 0 radical (unpaired) electrons. The highest BCUT2D eigenvalue weighted by Crippen LogP contribution is 2.14. The van der Waals surface area contributed by atoms with Gasteiger partial charge in [0.15, 0.2) is 5.82 Å². The average Bonchev–Trinajstić information content (AvgIpc) is 2.73. The van der Waals surface area contributed by atoms with E-state index in [1.54, 1.807) is 0 Å². The minimum absolute atomic E-state index is 0.0979. The SMILES string of the molecule is Cc1cc(C)cc(Cc2noc(CNCC(F)(F)F)n2)c1. The molecule has 0 aliphatic rings. The third kappa shape index (κ3) is 5.18. The van der Waals surface area contributed by atoms with Crippen LogP contribution >= 0.6 is 0 Å². The van der Waals surface area contributed by atoms with Gasteiger partial charge in [-0.3, -0.25) is 0 Å². The van der Waals surface area contributed by atoms with Crippen molar-refractivity contribution in [3.05, 3.63) is 46.6 Å². The van der Waals surface area contributed by atoms with E-state index in [2.05, 4.69) is 21.5 Å². The summed E-state index contributed by atoms with van der Waals surface area (Å²) in [6.07, 6.45) is -3.76. The van der Waals surface area contributed by atoms with E-state index in [9.17, 15) is 13.2 Å². The van der Waals surface area contributed by atoms with Gasteiger partial charge in [-0.15, -0.1) is 0 Å². The van der Waals surface area contributed by atoms with Crippen LogP contribution in [0.2, 0.25) is 0 Å². The molecule has 0 amide bonds. The van der Waals surface area contributed by atoms with Crippen LogP contribution in [0.25, 0.3) is 0 Å². The normalized spacial score (nSPS) is 11.9. The van der Waals surface area contributed by atoms with Crippen LogP contribution in [0.5, 0.6) is 0 Å². The van der Waals surface area contributed by atoms with Crippen LogP contribution in [0.4, 0.5) is 13.2 Å². The van der Waals surface area contributed by atoms with Crippen molar-refractivity contribution >= 4 is 0 Å². The molecule has 21 heavy (non-hydrogen) atoms. The standard InChI is InChI=1S/C14H16F3N3O/c1-9-3-10(2)5-11(4-9)6-12-19-13(21-20-12)7-18-8-14(15,16)17/h3-5,18H,6-8H2,1-2H3. The molecule has 0 saturated carbocycles. The van der Waals surface area contributed by atoms with Gasteiger partial charge in [0.1, 0.15) is 0 Å². The van der Waals surface area contributed by atoms with Gasteiger partial charge in [0, 0.05) is 6.42 Å². The number of hydrogen-bond donors (Lipinski definition) is 1. The maximum Gasteiger partial charge on any atom is 0.401 e. The second-order valence-electron chi connectivity index (χ2n) is 5.00. The topological polar surface area (TPSA) is 51.0 Å². The second-order valence-corrected chi connectivity index (χ2v) is 5.00. The number of benzene rings is 1. The van der Waals surface area contributed by atoms with Crippen LogP contribution in [0.3, 0.4) is 0 Å². The highest BCUT2D eigenvalue weighted by atomic mass is 19.4. The highest BCUT2D eigenvalue weighted by Gasteiger charge is 2.26. The maximum absolute atomic E-state index is 12.0. The first-order valence-electron chi connectivity index (χ1n) is 6.48. The fraction of sp³-hybridized carbons (Fsp3) is 0.429. The van der Waals surface area contributed by atoms with E-state index in [0.29, 0.717) is 12.2 Å². The van der Waals surface area contributed by atoms with Gasteiger partial charge in [-0.05, 0) is 19.4 Å². The molecular weight excluding hydrogens is 283 g/mol. The van der Waals surface area contributed by atoms with E-state index in [1.807, 2.05) is 26.0 Å². The van der Waals surface area contributed by atoms with Crippen LogP contribution in [-0.2, 0) is 13.0 Å². The van der Waals surface area contributed by atoms with Gasteiger partial charge < -0.3 is 9.84 Å². The summed E-state index contributed by atoms with van der Waals surface area (Å²) >= 11 is 0. The minimum atomic E-state index is -4.25. The lowest BCUT2D eigenvalue weighted by molar-refractivity contribution is -0.125. The smallest absolute Gasteiger partial charge is 0.338 e. The van der Waals surface area contributed by atoms with Gasteiger partial charge in [0.05, 0.1) is 13.1 Å². The van der Waals surface area contributed by atoms with Crippen molar-refractivity contribution in [3.63, 3.8) is 0 Å². The Morgan fingerprint density at radius 1 is 1.14 bits per heavy atom. The number of nitrogens with zero attached hydrogens (tertiary/aromatic N) is 2. The Bertz CT molecular complexity index is 588. The van der Waals surface area contributed by atoms with Gasteiger partial charge in [0.2, 0.25) is 5.89 Å². The number of aryl methyl sites for hydroxylation is 2. The fourth-order valence-electron chi connectivity index (χ4n) is 2.10. The monoisotopic (exact) mass is 299 g/mol. The molecule has 7 heteroatoms. The van der Waals surface area contributed by atoms with Gasteiger partial charge in [-0.25, -0.2) is 0 Å². The zero-order chi connectivity index (χ0) is 15.5. The molecule has 0 spiro atoms. The van der Waals surface area contributed by atoms with E-state index >= 15 is 0 Å². The van der Waals surface area contributed by atoms with Crippen LogP contribution in [0, 0.1) is 13.8 Å². The van der Waals surface area contributed by atoms with Crippen molar-refractivity contribution in [1.29, 1.82) is 0 Å². The van der Waals surface area contributed by atoms with Crippen LogP contribution in [0.1, 0.15) is 28.4 Å². The summed E-state index contributed by atoms with van der Waals surface area (Å²) in [4.78, 5) is 4.08. The molecule has 0 bridgehead atoms. The zero-order valence-electron chi connectivity index (χ0n) is 11.8. The molecule has 0 fully saturated rings. The quantitative estimate of drug-likeness (QED) is 0.922. The van der Waals surface area contributed by atoms with Crippen molar-refractivity contribution in [2.45, 2.75) is 33.0 Å². The maximum atomic E-state index is 12.0. The summed E-state index contributed by atoms with van der Waals surface area (Å²) in [5, 5.41) is 5.99. The Morgan fingerprint density at radius 2 is 1.81 bits per heavy atom. The van der Waals surface area contributed by atoms with Gasteiger partial charge in [0.25, 0.3) is 0 Å². The third-order valence-corrected chi connectivity index (χ3v) is 2.76. The molecule has 2 rings (SSSR count). The molecular formula is C14H16F3N3O. The largest absolute Gasteiger partial charge is 0.401 e. The van der Waals surface area contributed by atoms with Crippen LogP contribution in [0.15, 0.2) is 22.7 Å². The molecule has 0 aliphatic carbocycles. The molecule has 0 aliphatic heterocycles. The summed E-state index contributed by atoms with van der Waals surface area (Å²) < 4.78 is 40.9. The van der Waals surface area contributed by atoms with Crippen molar-refractivity contribution in [1.82, 2.24) is 15.5 Å². The molecule has 4 nitrogen and oxygen atoms in total. The van der Waals surface area contributed by atoms with E-state index in [1.165, 1.54) is 0 Å². The summed E-state index contributed by atoms with van der Waals surface area (Å²) in [6, 6.07) is 6.10. The molecule has 1 heterocycles. The number of nitrogens with one attached hydrogen (secondary N) is 1. The summed E-state index contributed by atoms with van der Waals surface area (Å²) in [6.45, 7) is 2.82. The number of alkyl halides is 3. The summed E-state index contributed by atoms with van der Waals surface area (Å²) in [5.41, 5.74) is 3.32. The molecule has 114 valence electrons. The first-order valence-corrected chi connectivity index (χ1v) is 6.48. The first kappa shape index (κ1) is 15.5. The molecule has 2 aromatic rings. The minimum Gasteiger partial charge on any atom is -0.338 e. The second kappa shape index (κ2) is 6.26. The van der Waals surface area contributed by atoms with E-state index in [0.717, 1.165) is 16.7 Å². The lowest BCUT2D eigenvalue weighted by Crippen LogP contribution is -2.28. The number of hydrogen-bond acceptors (Lipinski definition) is 4. The highest BCUT2D eigenvalue weighted by molar-refractivity contribution is 5.30. The number of rotatable bonds is 5. The van der Waals surface area contributed by atoms with Crippen LogP contribution < -0.4 is 5.32 Å². The summed E-state index contributed by atoms with van der Waals surface area (Å²) in [5.74, 6) is 0.613. The van der Waals surface area contributed by atoms with Gasteiger partial charge >= 0.3 is 6.18 Å². The van der Waals surface area contributed by atoms with E-state index < -0.39 is 12.7 Å². The van der Waals surface area contributed by atoms with Crippen molar-refractivity contribution in [2.75, 3.05) is 6.54 Å². The lowest BCUT2D eigenvalue weighted by Gasteiger charge is -2.05. The predicted octanol–water partition coefficient (Wildman–Crippen LogP) is 2.93. The summed E-state index contributed by atoms with van der Waals surface area (Å²) in [7, 11) is 0. The number of aromatic nitrogens is 2. The van der Waals surface area contributed by atoms with E-state index in [4.69, 9.17) is 4.52 Å². The Hall–Kier alpha value is -1.89. The lowest BCUT2D eigenvalue weighted by atomic mass is 10.1. The molecule has 1 aromatic carbocycles. The Kier molecular flexibility index (Phi) is 4.62. The number of halogens is 3. The van der Waals surface area contributed by atoms with Gasteiger partial charge in [-0.1, -0.05) is 34.5 Å². The molecule has 0 unspecified atom stereocenters. The third-order valence-electron chi connectivity index (χ3n) is 2.76. The van der Waals surface area contributed by atoms with Crippen LogP contribution in [-0.4, -0.2) is 22.9 Å². The Balaban J connectivity index is 1.93. The Morgan fingerprint density at radius 3 is 2.43 bits per heavy atom. The van der Waals surface area contributed by atoms with Crippen molar-refractivity contribution in [3.8, 4) is 0 Å². The zero-order valence-corrected chi connectivity index (χ0v) is 11.8. The van der Waals surface area contributed by atoms with Gasteiger partial charge in [-0.2, -0.15) is 18.2 Å². The Labute approximate surface area is 120 Å². The molecule has 1 aromatic heterocycles. The molecule has 0 atom stereocenters. The first-order chi connectivity index (χ1) is 9.82. The predicted molar refractivity (Wildman–Crippen MR) is 70.8 cm³/mol. The molecule has 0 saturated heterocycles. The molecule has 1 N–H and O–H groups in total. The van der Waals surface area contributed by atoms with E-state index in [-0.39, 0.29) is 12.4 Å².